The first-order valence-electron chi connectivity index (χ1n) is 8.51. The number of nitrogens with zero attached hydrogens (tertiary/aromatic N) is 1. The molecular weight excluding hydrogens is 374 g/mol. The van der Waals surface area contributed by atoms with Crippen molar-refractivity contribution in [2.45, 2.75) is 4.90 Å². The van der Waals surface area contributed by atoms with Crippen molar-refractivity contribution in [1.82, 2.24) is 9.29 Å². The van der Waals surface area contributed by atoms with Crippen LogP contribution in [0, 0.1) is 0 Å². The molecule has 144 valence electrons. The van der Waals surface area contributed by atoms with Gasteiger partial charge in [-0.2, -0.15) is 4.31 Å². The number of rotatable bonds is 4. The number of hydrogen-bond donors (Lipinski definition) is 2. The van der Waals surface area contributed by atoms with E-state index in [2.05, 4.69) is 10.3 Å². The summed E-state index contributed by atoms with van der Waals surface area (Å²) in [6.07, 6.45) is 1.32. The molecule has 27 heavy (non-hydrogen) atoms. The molecule has 0 aliphatic carbocycles. The summed E-state index contributed by atoms with van der Waals surface area (Å²) in [6, 6.07) is 6.41. The average molecular weight is 393 g/mol. The highest BCUT2D eigenvalue weighted by Gasteiger charge is 2.28. The van der Waals surface area contributed by atoms with Gasteiger partial charge in [0.1, 0.15) is 23.8 Å². The van der Waals surface area contributed by atoms with E-state index in [0.29, 0.717) is 56.7 Å². The quantitative estimate of drug-likeness (QED) is 0.804. The molecule has 0 spiro atoms. The number of amides is 1. The lowest BCUT2D eigenvalue weighted by molar-refractivity contribution is 0.0730. The Hall–Kier alpha value is -2.56. The topological polar surface area (TPSA) is 110 Å². The number of hydrogen-bond acceptors (Lipinski definition) is 6. The summed E-state index contributed by atoms with van der Waals surface area (Å²) < 4.78 is 42.7. The van der Waals surface area contributed by atoms with E-state index in [1.54, 1.807) is 18.2 Å². The second-order valence-electron chi connectivity index (χ2n) is 6.08. The molecule has 4 rings (SSSR count). The van der Waals surface area contributed by atoms with E-state index in [4.69, 9.17) is 14.2 Å². The van der Waals surface area contributed by atoms with Crippen LogP contribution < -0.4 is 14.8 Å². The molecular formula is C17H19N3O6S. The first-order valence-corrected chi connectivity index (χ1v) is 9.95. The number of benzene rings is 1. The molecule has 1 amide bonds. The molecule has 9 nitrogen and oxygen atoms in total. The Labute approximate surface area is 156 Å². The molecule has 1 aromatic heterocycles. The highest BCUT2D eigenvalue weighted by molar-refractivity contribution is 7.89. The number of aromatic nitrogens is 1. The first-order chi connectivity index (χ1) is 13.0. The van der Waals surface area contributed by atoms with Crippen LogP contribution in [0.15, 0.2) is 35.4 Å². The van der Waals surface area contributed by atoms with E-state index in [0.717, 1.165) is 0 Å². The summed E-state index contributed by atoms with van der Waals surface area (Å²) in [5.74, 6) is 0.731. The van der Waals surface area contributed by atoms with Gasteiger partial charge in [-0.05, 0) is 18.2 Å². The minimum Gasteiger partial charge on any atom is -0.486 e. The zero-order valence-corrected chi connectivity index (χ0v) is 15.3. The number of carbonyl (C=O) groups excluding carboxylic acids is 1. The summed E-state index contributed by atoms with van der Waals surface area (Å²) in [5.41, 5.74) is 0.674. The maximum absolute atomic E-state index is 12.6. The highest BCUT2D eigenvalue weighted by Crippen LogP contribution is 2.32. The van der Waals surface area contributed by atoms with Crippen molar-refractivity contribution in [2.75, 3.05) is 44.8 Å². The van der Waals surface area contributed by atoms with Crippen molar-refractivity contribution in [2.24, 2.45) is 0 Å². The normalized spacial score (nSPS) is 17.5. The Morgan fingerprint density at radius 1 is 1.04 bits per heavy atom. The summed E-state index contributed by atoms with van der Waals surface area (Å²) in [4.78, 5) is 15.2. The molecule has 2 aliphatic rings. The van der Waals surface area contributed by atoms with Gasteiger partial charge in [-0.3, -0.25) is 4.79 Å². The zero-order valence-electron chi connectivity index (χ0n) is 14.4. The van der Waals surface area contributed by atoms with Crippen LogP contribution in [-0.2, 0) is 14.8 Å². The van der Waals surface area contributed by atoms with E-state index >= 15 is 0 Å². The molecule has 1 fully saturated rings. The number of H-pyrrole nitrogens is 1. The molecule has 1 saturated heterocycles. The van der Waals surface area contributed by atoms with Crippen LogP contribution in [0.3, 0.4) is 0 Å². The SMILES string of the molecule is O=C(Nc1ccc2c(c1)OCCO2)c1cc(S(=O)(=O)N2CCOCC2)c[nH]1. The monoisotopic (exact) mass is 393 g/mol. The lowest BCUT2D eigenvalue weighted by atomic mass is 10.2. The van der Waals surface area contributed by atoms with Crippen molar-refractivity contribution >= 4 is 21.6 Å². The van der Waals surface area contributed by atoms with Crippen LogP contribution in [0.4, 0.5) is 5.69 Å². The average Bonchev–Trinajstić information content (AvgIpc) is 3.20. The summed E-state index contributed by atoms with van der Waals surface area (Å²) in [5, 5.41) is 2.72. The second kappa shape index (κ2) is 7.22. The minimum atomic E-state index is -3.65. The predicted molar refractivity (Wildman–Crippen MR) is 95.8 cm³/mol. The summed E-state index contributed by atoms with van der Waals surface area (Å²) >= 11 is 0. The van der Waals surface area contributed by atoms with Crippen LogP contribution in [0.2, 0.25) is 0 Å². The molecule has 0 saturated carbocycles. The maximum Gasteiger partial charge on any atom is 0.272 e. The van der Waals surface area contributed by atoms with E-state index in [-0.39, 0.29) is 10.6 Å². The largest absolute Gasteiger partial charge is 0.486 e. The molecule has 1 aromatic carbocycles. The Morgan fingerprint density at radius 3 is 2.56 bits per heavy atom. The van der Waals surface area contributed by atoms with Gasteiger partial charge in [0, 0.05) is 31.0 Å². The van der Waals surface area contributed by atoms with E-state index in [9.17, 15) is 13.2 Å². The van der Waals surface area contributed by atoms with Crippen LogP contribution in [0.1, 0.15) is 10.5 Å². The van der Waals surface area contributed by atoms with E-state index < -0.39 is 15.9 Å². The van der Waals surface area contributed by atoms with Crippen molar-refractivity contribution in [3.05, 3.63) is 36.2 Å². The van der Waals surface area contributed by atoms with Gasteiger partial charge < -0.3 is 24.5 Å². The molecule has 0 unspecified atom stereocenters. The zero-order chi connectivity index (χ0) is 18.9. The predicted octanol–water partition coefficient (Wildman–Crippen LogP) is 1.06. The van der Waals surface area contributed by atoms with Gasteiger partial charge in [0.2, 0.25) is 10.0 Å². The minimum absolute atomic E-state index is 0.0525. The fourth-order valence-electron chi connectivity index (χ4n) is 2.91. The molecule has 2 N–H and O–H groups in total. The lowest BCUT2D eigenvalue weighted by Gasteiger charge is -2.25. The molecule has 0 radical (unpaired) electrons. The van der Waals surface area contributed by atoms with Crippen molar-refractivity contribution in [1.29, 1.82) is 0 Å². The Bertz CT molecular complexity index is 949. The number of morpholine rings is 1. The van der Waals surface area contributed by atoms with Gasteiger partial charge in [-0.15, -0.1) is 0 Å². The third kappa shape index (κ3) is 3.64. The number of anilines is 1. The number of fused-ring (bicyclic) bond motifs is 1. The van der Waals surface area contributed by atoms with Crippen LogP contribution in [0.25, 0.3) is 0 Å². The van der Waals surface area contributed by atoms with Gasteiger partial charge in [0.15, 0.2) is 11.5 Å². The lowest BCUT2D eigenvalue weighted by Crippen LogP contribution is -2.40. The van der Waals surface area contributed by atoms with E-state index in [1.165, 1.54) is 16.6 Å². The third-order valence-corrected chi connectivity index (χ3v) is 6.19. The smallest absolute Gasteiger partial charge is 0.272 e. The van der Waals surface area contributed by atoms with Gasteiger partial charge in [-0.25, -0.2) is 8.42 Å². The Balaban J connectivity index is 1.49. The van der Waals surface area contributed by atoms with Crippen molar-refractivity contribution < 1.29 is 27.4 Å². The molecule has 0 atom stereocenters. The summed E-state index contributed by atoms with van der Waals surface area (Å²) in [7, 11) is -3.65. The van der Waals surface area contributed by atoms with Crippen molar-refractivity contribution in [3.63, 3.8) is 0 Å². The third-order valence-electron chi connectivity index (χ3n) is 4.31. The molecule has 10 heteroatoms. The standard InChI is InChI=1S/C17H19N3O6S/c21-17(19-12-1-2-15-16(9-12)26-8-7-25-15)14-10-13(11-18-14)27(22,23)20-3-5-24-6-4-20/h1-2,9-11,18H,3-8H2,(H,19,21). The Kier molecular flexibility index (Phi) is 4.77. The van der Waals surface area contributed by atoms with Crippen molar-refractivity contribution in [3.8, 4) is 11.5 Å². The highest BCUT2D eigenvalue weighted by atomic mass is 32.2. The molecule has 0 bridgehead atoms. The molecule has 3 heterocycles. The van der Waals surface area contributed by atoms with Gasteiger partial charge in [0.25, 0.3) is 5.91 Å². The van der Waals surface area contributed by atoms with Gasteiger partial charge >= 0.3 is 0 Å². The van der Waals surface area contributed by atoms with Crippen LogP contribution in [-0.4, -0.2) is 63.1 Å². The fourth-order valence-corrected chi connectivity index (χ4v) is 4.31. The fraction of sp³-hybridized carbons (Fsp3) is 0.353. The number of aromatic amines is 1. The van der Waals surface area contributed by atoms with Crippen LogP contribution in [0.5, 0.6) is 11.5 Å². The number of carbonyl (C=O) groups is 1. The molecule has 2 aliphatic heterocycles. The number of ether oxygens (including phenoxy) is 3. The first kappa shape index (κ1) is 17.8. The number of nitrogens with one attached hydrogen (secondary N) is 2. The van der Waals surface area contributed by atoms with Gasteiger partial charge in [0.05, 0.1) is 13.2 Å². The number of sulfonamides is 1. The van der Waals surface area contributed by atoms with Gasteiger partial charge in [-0.1, -0.05) is 0 Å². The Morgan fingerprint density at radius 2 is 1.78 bits per heavy atom. The maximum atomic E-state index is 12.6. The van der Waals surface area contributed by atoms with Crippen LogP contribution >= 0.6 is 0 Å². The summed E-state index contributed by atoms with van der Waals surface area (Å²) in [6.45, 7) is 2.26. The van der Waals surface area contributed by atoms with E-state index in [1.807, 2.05) is 0 Å². The molecule has 2 aromatic rings. The second-order valence-corrected chi connectivity index (χ2v) is 8.02.